The summed E-state index contributed by atoms with van der Waals surface area (Å²) in [6.45, 7) is 3.97. The SMILES string of the molecule is CCNCC1CC1c1ccc(Br)cc1[N+](=O)[O-]. The molecule has 2 atom stereocenters. The predicted octanol–water partition coefficient (Wildman–Crippen LogP) is 3.07. The van der Waals surface area contributed by atoms with E-state index >= 15 is 0 Å². The number of hydrogen-bond acceptors (Lipinski definition) is 3. The Hall–Kier alpha value is -0.940. The van der Waals surface area contributed by atoms with Gasteiger partial charge in [0.25, 0.3) is 5.69 Å². The van der Waals surface area contributed by atoms with Crippen molar-refractivity contribution < 1.29 is 4.92 Å². The Balaban J connectivity index is 2.14. The number of nitro benzene ring substituents is 1. The molecule has 1 N–H and O–H groups in total. The van der Waals surface area contributed by atoms with Gasteiger partial charge in [-0.3, -0.25) is 10.1 Å². The third-order valence-corrected chi connectivity index (χ3v) is 3.66. The first-order valence-electron chi connectivity index (χ1n) is 5.78. The van der Waals surface area contributed by atoms with Gasteiger partial charge in [-0.25, -0.2) is 0 Å². The van der Waals surface area contributed by atoms with E-state index in [9.17, 15) is 10.1 Å². The summed E-state index contributed by atoms with van der Waals surface area (Å²) in [5.41, 5.74) is 1.12. The largest absolute Gasteiger partial charge is 0.317 e. The number of benzene rings is 1. The Morgan fingerprint density at radius 1 is 1.59 bits per heavy atom. The molecule has 2 rings (SSSR count). The quantitative estimate of drug-likeness (QED) is 0.671. The van der Waals surface area contributed by atoms with Gasteiger partial charge in [-0.2, -0.15) is 0 Å². The van der Waals surface area contributed by atoms with Crippen LogP contribution >= 0.6 is 15.9 Å². The van der Waals surface area contributed by atoms with Crippen molar-refractivity contribution in [1.82, 2.24) is 5.32 Å². The van der Waals surface area contributed by atoms with Crippen LogP contribution in [-0.2, 0) is 0 Å². The molecule has 0 aromatic heterocycles. The fourth-order valence-electron chi connectivity index (χ4n) is 2.17. The van der Waals surface area contributed by atoms with Gasteiger partial charge in [-0.1, -0.05) is 28.9 Å². The normalized spacial score (nSPS) is 22.5. The van der Waals surface area contributed by atoms with Gasteiger partial charge in [0.05, 0.1) is 4.92 Å². The highest BCUT2D eigenvalue weighted by Crippen LogP contribution is 2.50. The van der Waals surface area contributed by atoms with Gasteiger partial charge in [0.15, 0.2) is 0 Å². The van der Waals surface area contributed by atoms with Crippen molar-refractivity contribution >= 4 is 21.6 Å². The van der Waals surface area contributed by atoms with Gasteiger partial charge >= 0.3 is 0 Å². The van der Waals surface area contributed by atoms with Crippen LogP contribution in [0.1, 0.15) is 24.8 Å². The van der Waals surface area contributed by atoms with Gasteiger partial charge in [0, 0.05) is 16.1 Å². The van der Waals surface area contributed by atoms with Gasteiger partial charge in [0.1, 0.15) is 0 Å². The van der Waals surface area contributed by atoms with Gasteiger partial charge in [-0.05, 0) is 37.4 Å². The molecule has 1 saturated carbocycles. The molecule has 0 spiro atoms. The Morgan fingerprint density at radius 3 is 3.00 bits per heavy atom. The Morgan fingerprint density at radius 2 is 2.35 bits per heavy atom. The van der Waals surface area contributed by atoms with Crippen molar-refractivity contribution in [2.45, 2.75) is 19.3 Å². The number of hydrogen-bond donors (Lipinski definition) is 1. The molecule has 0 bridgehead atoms. The topological polar surface area (TPSA) is 55.2 Å². The molecule has 1 aliphatic carbocycles. The van der Waals surface area contributed by atoms with E-state index in [-0.39, 0.29) is 10.6 Å². The van der Waals surface area contributed by atoms with Gasteiger partial charge in [-0.15, -0.1) is 0 Å². The molecule has 5 heteroatoms. The van der Waals surface area contributed by atoms with Crippen molar-refractivity contribution in [2.75, 3.05) is 13.1 Å². The van der Waals surface area contributed by atoms with Crippen LogP contribution in [0.3, 0.4) is 0 Å². The highest BCUT2D eigenvalue weighted by Gasteiger charge is 2.41. The fraction of sp³-hybridized carbons (Fsp3) is 0.500. The molecule has 92 valence electrons. The highest BCUT2D eigenvalue weighted by molar-refractivity contribution is 9.10. The first-order chi connectivity index (χ1) is 8.13. The maximum absolute atomic E-state index is 11.0. The lowest BCUT2D eigenvalue weighted by atomic mass is 10.1. The summed E-state index contributed by atoms with van der Waals surface area (Å²) in [4.78, 5) is 10.7. The third kappa shape index (κ3) is 2.84. The molecule has 0 aliphatic heterocycles. The molecular weight excluding hydrogens is 284 g/mol. The molecule has 4 nitrogen and oxygen atoms in total. The van der Waals surface area contributed by atoms with Crippen molar-refractivity contribution in [3.05, 3.63) is 38.3 Å². The van der Waals surface area contributed by atoms with Crippen molar-refractivity contribution in [2.24, 2.45) is 5.92 Å². The molecule has 0 heterocycles. The minimum atomic E-state index is -0.289. The molecule has 1 aliphatic rings. The van der Waals surface area contributed by atoms with Crippen LogP contribution in [-0.4, -0.2) is 18.0 Å². The first-order valence-corrected chi connectivity index (χ1v) is 6.57. The van der Waals surface area contributed by atoms with Crippen molar-refractivity contribution in [3.63, 3.8) is 0 Å². The van der Waals surface area contributed by atoms with Crippen LogP contribution in [0.2, 0.25) is 0 Å². The number of halogens is 1. The van der Waals surface area contributed by atoms with Crippen LogP contribution in [0, 0.1) is 16.0 Å². The minimum Gasteiger partial charge on any atom is -0.317 e. The second-order valence-corrected chi connectivity index (χ2v) is 5.29. The average Bonchev–Trinajstić information content (AvgIpc) is 3.05. The van der Waals surface area contributed by atoms with Crippen LogP contribution in [0.4, 0.5) is 5.69 Å². The minimum absolute atomic E-state index is 0.239. The Labute approximate surface area is 109 Å². The molecule has 0 saturated heterocycles. The molecule has 1 aromatic carbocycles. The van der Waals surface area contributed by atoms with E-state index in [0.29, 0.717) is 11.8 Å². The molecule has 2 unspecified atom stereocenters. The average molecular weight is 299 g/mol. The molecule has 0 amide bonds. The number of nitrogens with zero attached hydrogens (tertiary/aromatic N) is 1. The Bertz CT molecular complexity index is 437. The first kappa shape index (κ1) is 12.5. The number of nitro groups is 1. The molecular formula is C12H15BrN2O2. The van der Waals surface area contributed by atoms with E-state index in [0.717, 1.165) is 29.5 Å². The zero-order valence-corrected chi connectivity index (χ0v) is 11.2. The summed E-state index contributed by atoms with van der Waals surface area (Å²) >= 11 is 3.27. The van der Waals surface area contributed by atoms with E-state index in [1.54, 1.807) is 6.07 Å². The van der Waals surface area contributed by atoms with Gasteiger partial charge in [0.2, 0.25) is 0 Å². The van der Waals surface area contributed by atoms with E-state index in [1.165, 1.54) is 0 Å². The van der Waals surface area contributed by atoms with E-state index < -0.39 is 0 Å². The van der Waals surface area contributed by atoms with Crippen LogP contribution in [0.5, 0.6) is 0 Å². The summed E-state index contributed by atoms with van der Waals surface area (Å²) in [6.07, 6.45) is 1.05. The lowest BCUT2D eigenvalue weighted by Crippen LogP contribution is -2.16. The maximum atomic E-state index is 11.0. The number of rotatable bonds is 5. The van der Waals surface area contributed by atoms with Crippen LogP contribution in [0.15, 0.2) is 22.7 Å². The van der Waals surface area contributed by atoms with Crippen molar-refractivity contribution in [1.29, 1.82) is 0 Å². The highest BCUT2D eigenvalue weighted by atomic mass is 79.9. The molecule has 0 radical (unpaired) electrons. The van der Waals surface area contributed by atoms with Crippen LogP contribution < -0.4 is 5.32 Å². The standard InChI is InChI=1S/C12H15BrN2O2/c1-2-14-7-8-5-11(8)10-4-3-9(13)6-12(10)15(16)17/h3-4,6,8,11,14H,2,5,7H2,1H3. The van der Waals surface area contributed by atoms with Crippen molar-refractivity contribution in [3.8, 4) is 0 Å². The van der Waals surface area contributed by atoms with E-state index in [1.807, 2.05) is 12.1 Å². The smallest absolute Gasteiger partial charge is 0.274 e. The monoisotopic (exact) mass is 298 g/mol. The summed E-state index contributed by atoms with van der Waals surface area (Å²) in [7, 11) is 0. The second kappa shape index (κ2) is 5.14. The van der Waals surface area contributed by atoms with Crippen LogP contribution in [0.25, 0.3) is 0 Å². The third-order valence-electron chi connectivity index (χ3n) is 3.17. The lowest BCUT2D eigenvalue weighted by Gasteiger charge is -2.03. The summed E-state index contributed by atoms with van der Waals surface area (Å²) < 4.78 is 0.761. The molecule has 1 aromatic rings. The maximum Gasteiger partial charge on any atom is 0.274 e. The predicted molar refractivity (Wildman–Crippen MR) is 70.2 cm³/mol. The number of nitrogens with one attached hydrogen (secondary N) is 1. The fourth-order valence-corrected chi connectivity index (χ4v) is 2.52. The zero-order chi connectivity index (χ0) is 12.4. The molecule has 17 heavy (non-hydrogen) atoms. The second-order valence-electron chi connectivity index (χ2n) is 4.37. The Kier molecular flexibility index (Phi) is 3.79. The summed E-state index contributed by atoms with van der Waals surface area (Å²) in [5, 5.41) is 14.3. The summed E-state index contributed by atoms with van der Waals surface area (Å²) in [6, 6.07) is 5.35. The van der Waals surface area contributed by atoms with E-state index in [4.69, 9.17) is 0 Å². The van der Waals surface area contributed by atoms with Gasteiger partial charge < -0.3 is 5.32 Å². The lowest BCUT2D eigenvalue weighted by molar-refractivity contribution is -0.385. The molecule has 1 fully saturated rings. The zero-order valence-electron chi connectivity index (χ0n) is 9.65. The van der Waals surface area contributed by atoms with E-state index in [2.05, 4.69) is 28.2 Å². The summed E-state index contributed by atoms with van der Waals surface area (Å²) in [5.74, 6) is 0.900.